The van der Waals surface area contributed by atoms with Gasteiger partial charge in [-0.3, -0.25) is 0 Å². The fourth-order valence-electron chi connectivity index (χ4n) is 4.20. The first-order chi connectivity index (χ1) is 11.9. The van der Waals surface area contributed by atoms with E-state index < -0.39 is 0 Å². The summed E-state index contributed by atoms with van der Waals surface area (Å²) in [5.41, 5.74) is 3.92. The zero-order valence-corrected chi connectivity index (χ0v) is 13.8. The topological polar surface area (TPSA) is 23.8 Å². The Hall–Kier alpha value is -2.59. The van der Waals surface area contributed by atoms with Crippen molar-refractivity contribution in [3.63, 3.8) is 0 Å². The highest BCUT2D eigenvalue weighted by atomic mass is 14.4. The lowest BCUT2D eigenvalue weighted by Gasteiger charge is -2.30. The summed E-state index contributed by atoms with van der Waals surface area (Å²) in [6.45, 7) is 0. The van der Waals surface area contributed by atoms with Crippen LogP contribution in [0.3, 0.4) is 0 Å². The molecule has 1 saturated carbocycles. The normalized spacial score (nSPS) is 20.6. The Morgan fingerprint density at radius 2 is 1.54 bits per heavy atom. The Labute approximate surface area is 143 Å². The molecule has 1 nitrogen and oxygen atoms in total. The summed E-state index contributed by atoms with van der Waals surface area (Å²) < 4.78 is 0. The van der Waals surface area contributed by atoms with Gasteiger partial charge in [-0.1, -0.05) is 79.6 Å². The zero-order valence-electron chi connectivity index (χ0n) is 13.8. The molecule has 1 aliphatic rings. The van der Waals surface area contributed by atoms with Gasteiger partial charge >= 0.3 is 0 Å². The molecule has 2 unspecified atom stereocenters. The molecule has 1 heteroatoms. The van der Waals surface area contributed by atoms with Crippen molar-refractivity contribution in [2.24, 2.45) is 5.92 Å². The summed E-state index contributed by atoms with van der Waals surface area (Å²) in [6.07, 6.45) is 4.55. The maximum Gasteiger partial charge on any atom is 0.0662 e. The Bertz CT molecular complexity index is 889. The van der Waals surface area contributed by atoms with Gasteiger partial charge in [0.2, 0.25) is 0 Å². The summed E-state index contributed by atoms with van der Waals surface area (Å²) in [7, 11) is 0. The predicted molar refractivity (Wildman–Crippen MR) is 99.7 cm³/mol. The van der Waals surface area contributed by atoms with E-state index in [0.717, 1.165) is 12.8 Å². The minimum atomic E-state index is 0.131. The molecule has 3 aromatic carbocycles. The van der Waals surface area contributed by atoms with Gasteiger partial charge in [-0.15, -0.1) is 0 Å². The first-order valence-electron chi connectivity index (χ1n) is 8.85. The third-order valence-corrected chi connectivity index (χ3v) is 5.36. The first-order valence-corrected chi connectivity index (χ1v) is 8.85. The van der Waals surface area contributed by atoms with Gasteiger partial charge in [0.05, 0.1) is 12.0 Å². The second-order valence-corrected chi connectivity index (χ2v) is 6.74. The molecule has 0 heterocycles. The average Bonchev–Trinajstić information content (AvgIpc) is 2.67. The van der Waals surface area contributed by atoms with Crippen LogP contribution >= 0.6 is 0 Å². The van der Waals surface area contributed by atoms with Crippen molar-refractivity contribution in [2.45, 2.75) is 31.6 Å². The molecule has 0 saturated heterocycles. The van der Waals surface area contributed by atoms with Crippen molar-refractivity contribution < 1.29 is 0 Å². The monoisotopic (exact) mass is 311 g/mol. The van der Waals surface area contributed by atoms with Crippen molar-refractivity contribution in [3.05, 3.63) is 72.3 Å². The molecule has 0 aliphatic heterocycles. The van der Waals surface area contributed by atoms with Crippen molar-refractivity contribution in [2.75, 3.05) is 0 Å². The third-order valence-electron chi connectivity index (χ3n) is 5.36. The highest BCUT2D eigenvalue weighted by molar-refractivity contribution is 5.92. The number of fused-ring (bicyclic) bond motifs is 1. The van der Waals surface area contributed by atoms with Crippen LogP contribution in [0.25, 0.3) is 21.9 Å². The number of hydrogen-bond donors (Lipinski definition) is 0. The van der Waals surface area contributed by atoms with Gasteiger partial charge in [0.15, 0.2) is 0 Å². The predicted octanol–water partition coefficient (Wildman–Crippen LogP) is 6.30. The minimum absolute atomic E-state index is 0.131. The molecular formula is C23H21N. The number of nitriles is 1. The third kappa shape index (κ3) is 2.59. The molecule has 2 atom stereocenters. The van der Waals surface area contributed by atoms with E-state index in [2.05, 4.69) is 72.8 Å². The molecule has 0 amide bonds. The summed E-state index contributed by atoms with van der Waals surface area (Å²) in [6, 6.07) is 26.3. The van der Waals surface area contributed by atoms with Crippen molar-refractivity contribution in [1.29, 1.82) is 5.26 Å². The fourth-order valence-corrected chi connectivity index (χ4v) is 4.20. The molecule has 0 aromatic heterocycles. The highest BCUT2D eigenvalue weighted by Gasteiger charge is 2.29. The molecule has 24 heavy (non-hydrogen) atoms. The smallest absolute Gasteiger partial charge is 0.0662 e. The lowest BCUT2D eigenvalue weighted by atomic mass is 9.73. The van der Waals surface area contributed by atoms with E-state index in [9.17, 15) is 5.26 Å². The van der Waals surface area contributed by atoms with Gasteiger partial charge in [-0.05, 0) is 40.3 Å². The number of rotatable bonds is 2. The van der Waals surface area contributed by atoms with Gasteiger partial charge in [0.25, 0.3) is 0 Å². The van der Waals surface area contributed by atoms with Crippen molar-refractivity contribution in [1.82, 2.24) is 0 Å². The average molecular weight is 311 g/mol. The van der Waals surface area contributed by atoms with Crippen molar-refractivity contribution in [3.8, 4) is 17.2 Å². The Kier molecular flexibility index (Phi) is 4.05. The quantitative estimate of drug-likeness (QED) is 0.544. The van der Waals surface area contributed by atoms with Crippen molar-refractivity contribution >= 4 is 10.8 Å². The minimum Gasteiger partial charge on any atom is -0.198 e. The lowest BCUT2D eigenvalue weighted by molar-refractivity contribution is 0.371. The summed E-state index contributed by atoms with van der Waals surface area (Å²) in [5.74, 6) is 0.470. The van der Waals surface area contributed by atoms with Gasteiger partial charge < -0.3 is 0 Å². The SMILES string of the molecule is N#CC1CCCCC1c1c(-c2ccccc2)ccc2ccccc12. The standard InChI is InChI=1S/C23H21N/c24-16-19-11-5-7-13-21(19)23-20-12-6-4-10-18(20)14-15-22(23)17-8-2-1-3-9-17/h1-4,6,8-10,12,14-15,19,21H,5,7,11,13H2. The van der Waals surface area contributed by atoms with Crippen LogP contribution in [-0.2, 0) is 0 Å². The molecule has 0 spiro atoms. The number of benzene rings is 3. The van der Waals surface area contributed by atoms with E-state index in [4.69, 9.17) is 0 Å². The molecule has 118 valence electrons. The Balaban J connectivity index is 1.98. The summed E-state index contributed by atoms with van der Waals surface area (Å²) in [4.78, 5) is 0. The van der Waals surface area contributed by atoms with Crippen LogP contribution < -0.4 is 0 Å². The number of nitrogens with zero attached hydrogens (tertiary/aromatic N) is 1. The van der Waals surface area contributed by atoms with E-state index in [1.807, 2.05) is 0 Å². The van der Waals surface area contributed by atoms with Crippen LogP contribution in [0.5, 0.6) is 0 Å². The first kappa shape index (κ1) is 15.0. The summed E-state index contributed by atoms with van der Waals surface area (Å²) in [5, 5.41) is 12.3. The second-order valence-electron chi connectivity index (χ2n) is 6.74. The van der Waals surface area contributed by atoms with Crippen LogP contribution in [0, 0.1) is 17.2 Å². The van der Waals surface area contributed by atoms with E-state index in [0.29, 0.717) is 5.92 Å². The molecule has 1 fully saturated rings. The molecule has 0 bridgehead atoms. The van der Waals surface area contributed by atoms with E-state index in [1.165, 1.54) is 40.3 Å². The van der Waals surface area contributed by atoms with Crippen LogP contribution in [0.15, 0.2) is 66.7 Å². The molecular weight excluding hydrogens is 290 g/mol. The van der Waals surface area contributed by atoms with Crippen LogP contribution in [0.1, 0.15) is 37.2 Å². The second kappa shape index (κ2) is 6.49. The van der Waals surface area contributed by atoms with Crippen LogP contribution in [-0.4, -0.2) is 0 Å². The van der Waals surface area contributed by atoms with Gasteiger partial charge in [-0.25, -0.2) is 0 Å². The van der Waals surface area contributed by atoms with Crippen LogP contribution in [0.4, 0.5) is 0 Å². The van der Waals surface area contributed by atoms with Gasteiger partial charge in [-0.2, -0.15) is 5.26 Å². The van der Waals surface area contributed by atoms with E-state index in [-0.39, 0.29) is 5.92 Å². The lowest BCUT2D eigenvalue weighted by Crippen LogP contribution is -2.17. The maximum absolute atomic E-state index is 9.71. The molecule has 1 aliphatic carbocycles. The fraction of sp³-hybridized carbons (Fsp3) is 0.261. The van der Waals surface area contributed by atoms with Crippen LogP contribution in [0.2, 0.25) is 0 Å². The van der Waals surface area contributed by atoms with Gasteiger partial charge in [0, 0.05) is 5.92 Å². The summed E-state index contributed by atoms with van der Waals surface area (Å²) >= 11 is 0. The Morgan fingerprint density at radius 1 is 0.792 bits per heavy atom. The molecule has 0 radical (unpaired) electrons. The number of hydrogen-bond acceptors (Lipinski definition) is 1. The molecule has 4 rings (SSSR count). The van der Waals surface area contributed by atoms with Gasteiger partial charge in [0.1, 0.15) is 0 Å². The maximum atomic E-state index is 9.71. The highest BCUT2D eigenvalue weighted by Crippen LogP contribution is 2.44. The molecule has 3 aromatic rings. The zero-order chi connectivity index (χ0) is 16.4. The largest absolute Gasteiger partial charge is 0.198 e. The Morgan fingerprint density at radius 3 is 2.38 bits per heavy atom. The molecule has 0 N–H and O–H groups in total. The van der Waals surface area contributed by atoms with E-state index >= 15 is 0 Å². The van der Waals surface area contributed by atoms with E-state index in [1.54, 1.807) is 0 Å².